The molecular weight excluding hydrogens is 390 g/mol. The van der Waals surface area contributed by atoms with E-state index in [-0.39, 0.29) is 5.91 Å². The zero-order chi connectivity index (χ0) is 20.6. The number of hydrogen-bond donors (Lipinski definition) is 1. The molecule has 0 unspecified atom stereocenters. The first kappa shape index (κ1) is 21.3. The van der Waals surface area contributed by atoms with Crippen LogP contribution in [0.5, 0.6) is 11.5 Å². The average molecular weight is 418 g/mol. The largest absolute Gasteiger partial charge is 0.493 e. The minimum absolute atomic E-state index is 0.0525. The molecule has 1 aliphatic rings. The molecule has 0 spiro atoms. The summed E-state index contributed by atoms with van der Waals surface area (Å²) in [6, 6.07) is 13.7. The van der Waals surface area contributed by atoms with Crippen LogP contribution >= 0.6 is 11.6 Å². The second-order valence-electron chi connectivity index (χ2n) is 7.00. The van der Waals surface area contributed by atoms with Gasteiger partial charge in [0.05, 0.1) is 31.5 Å². The summed E-state index contributed by atoms with van der Waals surface area (Å²) >= 11 is 6.29. The highest BCUT2D eigenvalue weighted by atomic mass is 35.5. The Morgan fingerprint density at radius 1 is 1.03 bits per heavy atom. The molecule has 7 heteroatoms. The lowest BCUT2D eigenvalue weighted by molar-refractivity contribution is -0.122. The lowest BCUT2D eigenvalue weighted by Gasteiger charge is -2.36. The molecule has 0 saturated carbocycles. The van der Waals surface area contributed by atoms with Gasteiger partial charge in [0.15, 0.2) is 11.5 Å². The van der Waals surface area contributed by atoms with Crippen LogP contribution in [-0.4, -0.2) is 64.3 Å². The molecule has 1 aliphatic heterocycles. The summed E-state index contributed by atoms with van der Waals surface area (Å²) in [5, 5.41) is 3.78. The second-order valence-corrected chi connectivity index (χ2v) is 7.41. The van der Waals surface area contributed by atoms with E-state index >= 15 is 0 Å². The predicted molar refractivity (Wildman–Crippen MR) is 116 cm³/mol. The van der Waals surface area contributed by atoms with Crippen molar-refractivity contribution < 1.29 is 14.3 Å². The summed E-state index contributed by atoms with van der Waals surface area (Å²) in [5.74, 6) is 1.46. The van der Waals surface area contributed by atoms with Crippen molar-refractivity contribution >= 4 is 23.2 Å². The van der Waals surface area contributed by atoms with E-state index in [4.69, 9.17) is 21.1 Å². The smallest absolute Gasteiger partial charge is 0.234 e. The van der Waals surface area contributed by atoms with E-state index in [2.05, 4.69) is 15.1 Å². The van der Waals surface area contributed by atoms with Crippen molar-refractivity contribution in [2.75, 3.05) is 58.4 Å². The highest BCUT2D eigenvalue weighted by Gasteiger charge is 2.20. The van der Waals surface area contributed by atoms with Gasteiger partial charge in [0.1, 0.15) is 0 Å². The number of carbonyl (C=O) groups is 1. The van der Waals surface area contributed by atoms with Gasteiger partial charge < -0.3 is 19.7 Å². The zero-order valence-corrected chi connectivity index (χ0v) is 17.7. The Balaban J connectivity index is 1.40. The van der Waals surface area contributed by atoms with Gasteiger partial charge in [-0.3, -0.25) is 9.69 Å². The third-order valence-electron chi connectivity index (χ3n) is 5.12. The number of carbonyl (C=O) groups excluding carboxylic acids is 1. The Morgan fingerprint density at radius 2 is 1.76 bits per heavy atom. The average Bonchev–Trinajstić information content (AvgIpc) is 2.74. The Kier molecular flexibility index (Phi) is 7.61. The number of nitrogens with one attached hydrogen (secondary N) is 1. The van der Waals surface area contributed by atoms with Gasteiger partial charge in [0, 0.05) is 32.7 Å². The van der Waals surface area contributed by atoms with Crippen LogP contribution in [0.1, 0.15) is 5.56 Å². The Labute approximate surface area is 177 Å². The number of benzene rings is 2. The first-order valence-electron chi connectivity index (χ1n) is 9.80. The topological polar surface area (TPSA) is 54.0 Å². The van der Waals surface area contributed by atoms with Crippen LogP contribution in [0.4, 0.5) is 5.69 Å². The van der Waals surface area contributed by atoms with E-state index in [0.717, 1.165) is 48.9 Å². The van der Waals surface area contributed by atoms with Crippen LogP contribution in [0, 0.1) is 0 Å². The summed E-state index contributed by atoms with van der Waals surface area (Å²) in [6.45, 7) is 4.42. The number of amides is 1. The fourth-order valence-electron chi connectivity index (χ4n) is 3.50. The maximum absolute atomic E-state index is 12.3. The number of nitrogens with zero attached hydrogens (tertiary/aromatic N) is 2. The van der Waals surface area contributed by atoms with Crippen molar-refractivity contribution in [1.82, 2.24) is 10.2 Å². The lowest BCUT2D eigenvalue weighted by atomic mass is 10.1. The molecule has 0 aliphatic carbocycles. The maximum Gasteiger partial charge on any atom is 0.234 e. The highest BCUT2D eigenvalue weighted by Crippen LogP contribution is 2.28. The van der Waals surface area contributed by atoms with E-state index in [0.29, 0.717) is 24.6 Å². The molecule has 1 fully saturated rings. The van der Waals surface area contributed by atoms with Crippen molar-refractivity contribution in [1.29, 1.82) is 0 Å². The fraction of sp³-hybridized carbons (Fsp3) is 0.409. The summed E-state index contributed by atoms with van der Waals surface area (Å²) in [7, 11) is 3.24. The van der Waals surface area contributed by atoms with Gasteiger partial charge in [0.25, 0.3) is 0 Å². The normalized spacial score (nSPS) is 14.5. The van der Waals surface area contributed by atoms with Crippen LogP contribution in [0.3, 0.4) is 0 Å². The molecule has 1 saturated heterocycles. The summed E-state index contributed by atoms with van der Waals surface area (Å²) < 4.78 is 10.6. The van der Waals surface area contributed by atoms with Crippen molar-refractivity contribution in [2.24, 2.45) is 0 Å². The zero-order valence-electron chi connectivity index (χ0n) is 17.0. The molecule has 0 bridgehead atoms. The van der Waals surface area contributed by atoms with Crippen LogP contribution in [0.25, 0.3) is 0 Å². The Hall–Kier alpha value is -2.44. The van der Waals surface area contributed by atoms with Crippen molar-refractivity contribution in [3.63, 3.8) is 0 Å². The monoisotopic (exact) mass is 417 g/mol. The highest BCUT2D eigenvalue weighted by molar-refractivity contribution is 6.33. The lowest BCUT2D eigenvalue weighted by Crippen LogP contribution is -2.49. The molecular formula is C22H28ClN3O3. The molecule has 0 atom stereocenters. The molecule has 2 aromatic rings. The molecule has 0 radical (unpaired) electrons. The third-order valence-corrected chi connectivity index (χ3v) is 5.44. The quantitative estimate of drug-likeness (QED) is 0.715. The van der Waals surface area contributed by atoms with E-state index in [1.807, 2.05) is 42.5 Å². The van der Waals surface area contributed by atoms with Crippen LogP contribution < -0.4 is 19.7 Å². The number of para-hydroxylation sites is 1. The number of hydrogen-bond acceptors (Lipinski definition) is 5. The predicted octanol–water partition coefficient (Wildman–Crippen LogP) is 2.84. The number of methoxy groups -OCH3 is 2. The van der Waals surface area contributed by atoms with Gasteiger partial charge in [-0.2, -0.15) is 0 Å². The molecule has 1 amide bonds. The van der Waals surface area contributed by atoms with E-state index in [9.17, 15) is 4.79 Å². The first-order valence-corrected chi connectivity index (χ1v) is 10.2. The molecule has 0 aromatic heterocycles. The maximum atomic E-state index is 12.3. The molecule has 1 N–H and O–H groups in total. The standard InChI is InChI=1S/C22H28ClN3O3/c1-28-20-8-7-17(15-21(20)29-2)9-10-24-22(27)16-25-11-13-26(14-12-25)19-6-4-3-5-18(19)23/h3-8,15H,9-14,16H2,1-2H3,(H,24,27). The van der Waals surface area contributed by atoms with Crippen LogP contribution in [0.2, 0.25) is 5.02 Å². The number of piperazine rings is 1. The van der Waals surface area contributed by atoms with E-state index < -0.39 is 0 Å². The van der Waals surface area contributed by atoms with Gasteiger partial charge in [-0.1, -0.05) is 29.8 Å². The summed E-state index contributed by atoms with van der Waals surface area (Å²) in [5.41, 5.74) is 2.16. The Morgan fingerprint density at radius 3 is 2.45 bits per heavy atom. The number of halogens is 1. The van der Waals surface area contributed by atoms with Gasteiger partial charge in [-0.15, -0.1) is 0 Å². The SMILES string of the molecule is COc1ccc(CCNC(=O)CN2CCN(c3ccccc3Cl)CC2)cc1OC. The molecule has 156 valence electrons. The van der Waals surface area contributed by atoms with Crippen molar-refractivity contribution in [3.8, 4) is 11.5 Å². The minimum atomic E-state index is 0.0525. The molecule has 1 heterocycles. The number of rotatable bonds is 8. The fourth-order valence-corrected chi connectivity index (χ4v) is 3.75. The van der Waals surface area contributed by atoms with Gasteiger partial charge >= 0.3 is 0 Å². The van der Waals surface area contributed by atoms with Gasteiger partial charge in [0.2, 0.25) is 5.91 Å². The number of ether oxygens (including phenoxy) is 2. The van der Waals surface area contributed by atoms with Crippen LogP contribution in [0.15, 0.2) is 42.5 Å². The van der Waals surface area contributed by atoms with Gasteiger partial charge in [-0.05, 0) is 36.2 Å². The number of anilines is 1. The van der Waals surface area contributed by atoms with Gasteiger partial charge in [-0.25, -0.2) is 0 Å². The van der Waals surface area contributed by atoms with E-state index in [1.54, 1.807) is 14.2 Å². The molecule has 2 aromatic carbocycles. The molecule has 29 heavy (non-hydrogen) atoms. The van der Waals surface area contributed by atoms with E-state index in [1.165, 1.54) is 0 Å². The van der Waals surface area contributed by atoms with Crippen molar-refractivity contribution in [3.05, 3.63) is 53.1 Å². The molecule has 3 rings (SSSR count). The molecule has 6 nitrogen and oxygen atoms in total. The minimum Gasteiger partial charge on any atom is -0.493 e. The van der Waals surface area contributed by atoms with Crippen LogP contribution in [-0.2, 0) is 11.2 Å². The summed E-state index contributed by atoms with van der Waals surface area (Å²) in [6.07, 6.45) is 0.742. The summed E-state index contributed by atoms with van der Waals surface area (Å²) in [4.78, 5) is 16.7. The van der Waals surface area contributed by atoms with Crippen molar-refractivity contribution in [2.45, 2.75) is 6.42 Å². The third kappa shape index (κ3) is 5.78. The second kappa shape index (κ2) is 10.4. The first-order chi connectivity index (χ1) is 14.1. The Bertz CT molecular complexity index is 823.